The van der Waals surface area contributed by atoms with Crippen molar-refractivity contribution in [3.63, 3.8) is 0 Å². The lowest BCUT2D eigenvalue weighted by atomic mass is 9.82. The van der Waals surface area contributed by atoms with Crippen molar-refractivity contribution in [2.45, 2.75) is 109 Å². The van der Waals surface area contributed by atoms with E-state index < -0.39 is 5.60 Å². The van der Waals surface area contributed by atoms with Gasteiger partial charge in [-0.2, -0.15) is 5.10 Å². The molecule has 0 spiro atoms. The van der Waals surface area contributed by atoms with Crippen molar-refractivity contribution in [1.82, 2.24) is 29.9 Å². The molecule has 3 fully saturated rings. The van der Waals surface area contributed by atoms with E-state index in [9.17, 15) is 4.79 Å². The van der Waals surface area contributed by atoms with Crippen molar-refractivity contribution >= 4 is 33.5 Å². The van der Waals surface area contributed by atoms with Crippen LogP contribution in [0.4, 0.5) is 10.6 Å². The summed E-state index contributed by atoms with van der Waals surface area (Å²) in [5, 5.41) is 14.0. The van der Waals surface area contributed by atoms with Crippen molar-refractivity contribution < 1.29 is 14.3 Å². The topological polar surface area (TPSA) is 98.5 Å². The molecule has 10 nitrogen and oxygen atoms in total. The van der Waals surface area contributed by atoms with Gasteiger partial charge in [-0.1, -0.05) is 12.1 Å². The minimum absolute atomic E-state index is 0.00280. The Bertz CT molecular complexity index is 1690. The van der Waals surface area contributed by atoms with Crippen LogP contribution in [0, 0.1) is 0 Å². The lowest BCUT2D eigenvalue weighted by Crippen LogP contribution is -2.63. The van der Waals surface area contributed by atoms with Crippen LogP contribution in [-0.4, -0.2) is 72.3 Å². The quantitative estimate of drug-likeness (QED) is 0.224. The molecule has 3 saturated heterocycles. The molecule has 3 unspecified atom stereocenters. The van der Waals surface area contributed by atoms with Crippen LogP contribution in [0.2, 0.25) is 0 Å². The number of amides is 1. The Morgan fingerprint density at radius 2 is 1.82 bits per heavy atom. The second-order valence-corrected chi connectivity index (χ2v) is 15.3. The van der Waals surface area contributed by atoms with Crippen LogP contribution in [0.25, 0.3) is 32.6 Å². The zero-order chi connectivity index (χ0) is 31.6. The molecule has 0 N–H and O–H groups in total. The molecule has 1 aromatic carbocycles. The molecular weight excluding hydrogens is 586 g/mol. The number of aromatic nitrogens is 5. The number of carbonyl (C=O) groups excluding carboxylic acids is 1. The number of hydrogen-bond donors (Lipinski definition) is 0. The molecule has 2 bridgehead atoms. The summed E-state index contributed by atoms with van der Waals surface area (Å²) in [5.41, 5.74) is 5.70. The smallest absolute Gasteiger partial charge is 0.411 e. The fraction of sp³-hybridized carbons (Fsp3) is 0.559. The van der Waals surface area contributed by atoms with Gasteiger partial charge in [0.1, 0.15) is 11.8 Å². The van der Waals surface area contributed by atoms with E-state index in [-0.39, 0.29) is 29.4 Å². The number of carbonyl (C=O) groups is 1. The maximum absolute atomic E-state index is 13.3. The third-order valence-electron chi connectivity index (χ3n) is 9.89. The van der Waals surface area contributed by atoms with Crippen LogP contribution in [0.5, 0.6) is 0 Å². The Kier molecular flexibility index (Phi) is 7.39. The Hall–Kier alpha value is -3.57. The highest BCUT2D eigenvalue weighted by Gasteiger charge is 2.59. The lowest BCUT2D eigenvalue weighted by molar-refractivity contribution is -0.0394. The molecule has 0 saturated carbocycles. The minimum atomic E-state index is -0.521. The Morgan fingerprint density at radius 1 is 1.07 bits per heavy atom. The van der Waals surface area contributed by atoms with Gasteiger partial charge in [-0.05, 0) is 91.7 Å². The van der Waals surface area contributed by atoms with Gasteiger partial charge in [-0.3, -0.25) is 4.90 Å². The molecule has 3 aliphatic rings. The molecule has 238 valence electrons. The highest BCUT2D eigenvalue weighted by Crippen LogP contribution is 2.52. The maximum atomic E-state index is 13.3. The maximum Gasteiger partial charge on any atom is 0.411 e. The van der Waals surface area contributed by atoms with E-state index in [1.54, 1.807) is 11.3 Å². The summed E-state index contributed by atoms with van der Waals surface area (Å²) in [6.07, 6.45) is 10.7. The number of fused-ring (bicyclic) bond motifs is 3. The van der Waals surface area contributed by atoms with Gasteiger partial charge >= 0.3 is 6.09 Å². The number of hydrogen-bond acceptors (Lipinski definition) is 9. The monoisotopic (exact) mass is 629 g/mol. The number of thiazole rings is 1. The standard InChI is InChI=1S/C34H43N7O3S/c1-32(2,3)44-31(42)41-33(4)14-15-34(41,5)18-23(17-33)39(6)27-13-12-26(37-38-27)25-11-10-24(29-30(25)45-21-35-29)22-19-36-40(20-22)28-9-7-8-16-43-28/h10-13,19-21,23,28H,7-9,14-18H2,1-6H3. The fourth-order valence-corrected chi connectivity index (χ4v) is 8.54. The predicted octanol–water partition coefficient (Wildman–Crippen LogP) is 7.46. The largest absolute Gasteiger partial charge is 0.444 e. The third kappa shape index (κ3) is 5.48. The first-order valence-electron chi connectivity index (χ1n) is 16.1. The molecule has 1 amide bonds. The van der Waals surface area contributed by atoms with E-state index in [0.717, 1.165) is 90.0 Å². The average molecular weight is 630 g/mol. The summed E-state index contributed by atoms with van der Waals surface area (Å²) < 4.78 is 14.8. The molecule has 3 atom stereocenters. The first-order chi connectivity index (χ1) is 21.4. The summed E-state index contributed by atoms with van der Waals surface area (Å²) in [7, 11) is 2.10. The molecule has 11 heteroatoms. The summed E-state index contributed by atoms with van der Waals surface area (Å²) in [6, 6.07) is 8.57. The van der Waals surface area contributed by atoms with Crippen LogP contribution in [-0.2, 0) is 9.47 Å². The summed E-state index contributed by atoms with van der Waals surface area (Å²) in [6.45, 7) is 11.0. The molecule has 0 radical (unpaired) electrons. The Balaban J connectivity index is 1.10. The lowest BCUT2D eigenvalue weighted by Gasteiger charge is -2.52. The number of anilines is 1. The van der Waals surface area contributed by atoms with Crippen molar-refractivity contribution in [2.24, 2.45) is 0 Å². The number of ether oxygens (including phenoxy) is 2. The van der Waals surface area contributed by atoms with Gasteiger partial charge in [0.2, 0.25) is 0 Å². The molecule has 6 heterocycles. The van der Waals surface area contributed by atoms with Crippen LogP contribution in [0.1, 0.15) is 85.8 Å². The molecule has 7 rings (SSSR count). The number of piperidine rings is 1. The minimum Gasteiger partial charge on any atom is -0.444 e. The molecule has 3 aromatic heterocycles. The first kappa shape index (κ1) is 30.1. The number of rotatable bonds is 5. The van der Waals surface area contributed by atoms with Crippen molar-refractivity contribution in [3.05, 3.63) is 42.2 Å². The van der Waals surface area contributed by atoms with Crippen molar-refractivity contribution in [2.75, 3.05) is 18.6 Å². The van der Waals surface area contributed by atoms with Crippen LogP contribution >= 0.6 is 11.3 Å². The van der Waals surface area contributed by atoms with E-state index in [0.29, 0.717) is 0 Å². The molecule has 3 aliphatic heterocycles. The Morgan fingerprint density at radius 3 is 2.49 bits per heavy atom. The average Bonchev–Trinajstić information content (AvgIpc) is 3.73. The van der Waals surface area contributed by atoms with Crippen LogP contribution < -0.4 is 4.90 Å². The van der Waals surface area contributed by atoms with Gasteiger partial charge in [0.15, 0.2) is 5.82 Å². The van der Waals surface area contributed by atoms with Gasteiger partial charge in [-0.15, -0.1) is 21.5 Å². The fourth-order valence-electron chi connectivity index (χ4n) is 7.71. The Labute approximate surface area is 268 Å². The second kappa shape index (κ2) is 11.0. The third-order valence-corrected chi connectivity index (χ3v) is 10.8. The van der Waals surface area contributed by atoms with Gasteiger partial charge < -0.3 is 14.4 Å². The van der Waals surface area contributed by atoms with Gasteiger partial charge in [0.25, 0.3) is 0 Å². The summed E-state index contributed by atoms with van der Waals surface area (Å²) in [4.78, 5) is 22.3. The van der Waals surface area contributed by atoms with Gasteiger partial charge in [0.05, 0.1) is 27.6 Å². The van der Waals surface area contributed by atoms with E-state index in [2.05, 4.69) is 61.4 Å². The van der Waals surface area contributed by atoms with Gasteiger partial charge in [-0.25, -0.2) is 14.5 Å². The molecule has 45 heavy (non-hydrogen) atoms. The highest BCUT2D eigenvalue weighted by molar-refractivity contribution is 7.17. The van der Waals surface area contributed by atoms with E-state index >= 15 is 0 Å². The second-order valence-electron chi connectivity index (χ2n) is 14.5. The first-order valence-corrected chi connectivity index (χ1v) is 16.9. The van der Waals surface area contributed by atoms with E-state index in [4.69, 9.17) is 24.7 Å². The van der Waals surface area contributed by atoms with E-state index in [1.165, 1.54) is 0 Å². The zero-order valence-corrected chi connectivity index (χ0v) is 27.9. The number of nitrogens with zero attached hydrogens (tertiary/aromatic N) is 7. The molecule has 4 aromatic rings. The number of benzene rings is 1. The van der Waals surface area contributed by atoms with Gasteiger partial charge in [0, 0.05) is 53.7 Å². The van der Waals surface area contributed by atoms with Crippen molar-refractivity contribution in [1.29, 1.82) is 0 Å². The summed E-state index contributed by atoms with van der Waals surface area (Å²) in [5.74, 6) is 0.829. The predicted molar refractivity (Wildman–Crippen MR) is 176 cm³/mol. The van der Waals surface area contributed by atoms with E-state index in [1.807, 2.05) is 42.1 Å². The van der Waals surface area contributed by atoms with Crippen LogP contribution in [0.3, 0.4) is 0 Å². The highest BCUT2D eigenvalue weighted by atomic mass is 32.1. The van der Waals surface area contributed by atoms with Crippen molar-refractivity contribution in [3.8, 4) is 22.4 Å². The normalized spacial score (nSPS) is 26.8. The molecule has 0 aliphatic carbocycles. The summed E-state index contributed by atoms with van der Waals surface area (Å²) >= 11 is 1.61. The van der Waals surface area contributed by atoms with Crippen LogP contribution in [0.15, 0.2) is 42.2 Å². The SMILES string of the molecule is CN(c1ccc(-c2ccc(-c3cnn(C4CCCCO4)c3)c3ncsc23)nn1)C1CC2(C)CCC(C)(C1)N2C(=O)OC(C)(C)C. The zero-order valence-electron chi connectivity index (χ0n) is 27.1. The molecular formula is C34H43N7O3S.